The van der Waals surface area contributed by atoms with E-state index in [4.69, 9.17) is 14.8 Å². The van der Waals surface area contributed by atoms with E-state index in [0.29, 0.717) is 11.3 Å². The molecule has 1 aromatic heterocycles. The fourth-order valence-corrected chi connectivity index (χ4v) is 1.45. The predicted octanol–water partition coefficient (Wildman–Crippen LogP) is -0.625. The van der Waals surface area contributed by atoms with Crippen LogP contribution < -0.4 is 10.2 Å². The van der Waals surface area contributed by atoms with Gasteiger partial charge in [0.05, 0.1) is 10.7 Å². The number of methoxy groups -OCH3 is 1. The van der Waals surface area contributed by atoms with Crippen LogP contribution in [0.3, 0.4) is 0 Å². The van der Waals surface area contributed by atoms with Crippen LogP contribution in [0.1, 0.15) is 0 Å². The van der Waals surface area contributed by atoms with Gasteiger partial charge in [-0.3, -0.25) is 0 Å². The summed E-state index contributed by atoms with van der Waals surface area (Å²) in [6.07, 6.45) is 1.37. The van der Waals surface area contributed by atoms with Gasteiger partial charge in [0.2, 0.25) is 5.88 Å². The van der Waals surface area contributed by atoms with Crippen molar-refractivity contribution in [2.24, 2.45) is 0 Å². The summed E-state index contributed by atoms with van der Waals surface area (Å²) in [5.41, 5.74) is 0.361. The quantitative estimate of drug-likeness (QED) is 0.559. The lowest BCUT2D eigenvalue weighted by Crippen LogP contribution is -2.30. The van der Waals surface area contributed by atoms with E-state index in [1.54, 1.807) is 6.07 Å². The number of rotatable bonds is 2. The fraction of sp³-hybridized carbons (Fsp3) is 0.167. The average molecular weight is 279 g/mol. The molecule has 0 aliphatic heterocycles. The Morgan fingerprint density at radius 3 is 2.67 bits per heavy atom. The summed E-state index contributed by atoms with van der Waals surface area (Å²) < 4.78 is 5.65. The van der Waals surface area contributed by atoms with Crippen molar-refractivity contribution < 1.29 is 14.8 Å². The minimum Gasteiger partial charge on any atom is -0.480 e. The van der Waals surface area contributed by atoms with Gasteiger partial charge in [-0.15, -0.1) is 0 Å². The van der Waals surface area contributed by atoms with Gasteiger partial charge >= 0.3 is 7.12 Å². The number of hydrogen-bond donors (Lipinski definition) is 2. The Morgan fingerprint density at radius 2 is 2.25 bits per heavy atom. The standard InChI is InChI=1S/C6H7BINO3/c1-12-6-5(8)2-4(3-9-6)7(10)11/h2-3,10-11H,1H3. The van der Waals surface area contributed by atoms with Gasteiger partial charge in [0.25, 0.3) is 0 Å². The van der Waals surface area contributed by atoms with Crippen molar-refractivity contribution in [3.63, 3.8) is 0 Å². The second kappa shape index (κ2) is 4.06. The van der Waals surface area contributed by atoms with E-state index < -0.39 is 7.12 Å². The summed E-state index contributed by atoms with van der Waals surface area (Å²) in [6.45, 7) is 0. The second-order valence-corrected chi connectivity index (χ2v) is 3.30. The Bertz CT molecular complexity index is 281. The zero-order valence-electron chi connectivity index (χ0n) is 6.36. The SMILES string of the molecule is COc1ncc(B(O)O)cc1I. The molecular formula is C6H7BINO3. The van der Waals surface area contributed by atoms with Crippen molar-refractivity contribution in [3.05, 3.63) is 15.8 Å². The van der Waals surface area contributed by atoms with Crippen LogP contribution in [0, 0.1) is 3.57 Å². The van der Waals surface area contributed by atoms with Crippen LogP contribution in [-0.2, 0) is 0 Å². The summed E-state index contributed by atoms with van der Waals surface area (Å²) in [7, 11) is 0.0384. The highest BCUT2D eigenvalue weighted by atomic mass is 127. The van der Waals surface area contributed by atoms with E-state index in [1.807, 2.05) is 22.6 Å². The molecule has 0 spiro atoms. The first kappa shape index (κ1) is 9.75. The molecule has 1 heterocycles. The van der Waals surface area contributed by atoms with Gasteiger partial charge in [-0.1, -0.05) is 0 Å². The third-order valence-electron chi connectivity index (χ3n) is 1.32. The fourth-order valence-electron chi connectivity index (χ4n) is 0.732. The van der Waals surface area contributed by atoms with Gasteiger partial charge in [0.1, 0.15) is 0 Å². The van der Waals surface area contributed by atoms with E-state index in [-0.39, 0.29) is 0 Å². The van der Waals surface area contributed by atoms with Gasteiger partial charge in [0.15, 0.2) is 0 Å². The smallest absolute Gasteiger partial charge is 0.480 e. The van der Waals surface area contributed by atoms with E-state index in [9.17, 15) is 0 Å². The van der Waals surface area contributed by atoms with E-state index in [2.05, 4.69) is 4.98 Å². The van der Waals surface area contributed by atoms with Crippen LogP contribution in [-0.4, -0.2) is 29.3 Å². The van der Waals surface area contributed by atoms with Crippen molar-refractivity contribution in [1.82, 2.24) is 4.98 Å². The molecule has 0 saturated carbocycles. The minimum atomic E-state index is -1.48. The number of nitrogens with zero attached hydrogens (tertiary/aromatic N) is 1. The first-order valence-electron chi connectivity index (χ1n) is 3.20. The van der Waals surface area contributed by atoms with Crippen molar-refractivity contribution in [1.29, 1.82) is 0 Å². The molecule has 0 aliphatic rings. The Morgan fingerprint density at radius 1 is 1.58 bits per heavy atom. The molecule has 0 aliphatic carbocycles. The van der Waals surface area contributed by atoms with Gasteiger partial charge in [-0.25, -0.2) is 4.98 Å². The molecule has 0 bridgehead atoms. The van der Waals surface area contributed by atoms with Gasteiger partial charge < -0.3 is 14.8 Å². The van der Waals surface area contributed by atoms with Gasteiger partial charge in [-0.2, -0.15) is 0 Å². The molecule has 64 valence electrons. The molecule has 0 fully saturated rings. The summed E-state index contributed by atoms with van der Waals surface area (Å²) in [6, 6.07) is 1.61. The number of pyridine rings is 1. The molecule has 0 saturated heterocycles. The van der Waals surface area contributed by atoms with E-state index >= 15 is 0 Å². The molecule has 0 radical (unpaired) electrons. The first-order chi connectivity index (χ1) is 5.65. The van der Waals surface area contributed by atoms with Crippen LogP contribution in [0.2, 0.25) is 0 Å². The molecule has 0 aromatic carbocycles. The van der Waals surface area contributed by atoms with Gasteiger partial charge in [0, 0.05) is 11.7 Å². The molecule has 2 N–H and O–H groups in total. The Balaban J connectivity index is 3.02. The molecule has 0 unspecified atom stereocenters. The molecule has 6 heteroatoms. The number of ether oxygens (including phenoxy) is 1. The van der Waals surface area contributed by atoms with Crippen molar-refractivity contribution in [2.45, 2.75) is 0 Å². The first-order valence-corrected chi connectivity index (χ1v) is 4.28. The third kappa shape index (κ3) is 2.08. The highest BCUT2D eigenvalue weighted by Gasteiger charge is 2.13. The summed E-state index contributed by atoms with van der Waals surface area (Å²) in [5, 5.41) is 17.6. The number of aromatic nitrogens is 1. The van der Waals surface area contributed by atoms with Crippen molar-refractivity contribution in [3.8, 4) is 5.88 Å². The monoisotopic (exact) mass is 279 g/mol. The normalized spacial score (nSPS) is 9.67. The van der Waals surface area contributed by atoms with Crippen molar-refractivity contribution >= 4 is 35.2 Å². The van der Waals surface area contributed by atoms with E-state index in [1.165, 1.54) is 13.3 Å². The Hall–Kier alpha value is -0.335. The molecule has 12 heavy (non-hydrogen) atoms. The summed E-state index contributed by atoms with van der Waals surface area (Å²) >= 11 is 2.01. The Kier molecular flexibility index (Phi) is 3.30. The maximum Gasteiger partial charge on any atom is 0.490 e. The third-order valence-corrected chi connectivity index (χ3v) is 2.09. The maximum absolute atomic E-state index is 8.78. The lowest BCUT2D eigenvalue weighted by atomic mass is 9.82. The largest absolute Gasteiger partial charge is 0.490 e. The maximum atomic E-state index is 8.78. The summed E-state index contributed by atoms with van der Waals surface area (Å²) in [5.74, 6) is 0.486. The summed E-state index contributed by atoms with van der Waals surface area (Å²) in [4.78, 5) is 3.87. The zero-order chi connectivity index (χ0) is 9.14. The van der Waals surface area contributed by atoms with Crippen LogP contribution in [0.15, 0.2) is 12.3 Å². The topological polar surface area (TPSA) is 62.6 Å². The van der Waals surface area contributed by atoms with Crippen LogP contribution in [0.4, 0.5) is 0 Å². The highest BCUT2D eigenvalue weighted by molar-refractivity contribution is 14.1. The van der Waals surface area contributed by atoms with Crippen LogP contribution in [0.25, 0.3) is 0 Å². The highest BCUT2D eigenvalue weighted by Crippen LogP contribution is 2.14. The Labute approximate surface area is 83.9 Å². The zero-order valence-corrected chi connectivity index (χ0v) is 8.52. The predicted molar refractivity (Wildman–Crippen MR) is 53.3 cm³/mol. The molecule has 0 atom stereocenters. The average Bonchev–Trinajstić information content (AvgIpc) is 2.04. The number of halogens is 1. The number of hydrogen-bond acceptors (Lipinski definition) is 4. The molecular weight excluding hydrogens is 272 g/mol. The molecule has 0 amide bonds. The molecule has 1 rings (SSSR count). The second-order valence-electron chi connectivity index (χ2n) is 2.13. The lowest BCUT2D eigenvalue weighted by molar-refractivity contribution is 0.394. The van der Waals surface area contributed by atoms with Crippen LogP contribution >= 0.6 is 22.6 Å². The lowest BCUT2D eigenvalue weighted by Gasteiger charge is -2.03. The van der Waals surface area contributed by atoms with E-state index in [0.717, 1.165) is 3.57 Å². The molecule has 1 aromatic rings. The van der Waals surface area contributed by atoms with Crippen molar-refractivity contribution in [2.75, 3.05) is 7.11 Å². The van der Waals surface area contributed by atoms with Crippen LogP contribution in [0.5, 0.6) is 5.88 Å². The minimum absolute atomic E-state index is 0.361. The van der Waals surface area contributed by atoms with Gasteiger partial charge in [-0.05, 0) is 28.7 Å². The molecule has 4 nitrogen and oxygen atoms in total.